The second-order valence-electron chi connectivity index (χ2n) is 5.65. The van der Waals surface area contributed by atoms with Crippen molar-refractivity contribution in [2.45, 2.75) is 19.9 Å². The fourth-order valence-corrected chi connectivity index (χ4v) is 3.35. The van der Waals surface area contributed by atoms with Gasteiger partial charge >= 0.3 is 0 Å². The highest BCUT2D eigenvalue weighted by molar-refractivity contribution is 14.0. The van der Waals surface area contributed by atoms with Gasteiger partial charge in [-0.15, -0.1) is 35.3 Å². The maximum atomic E-state index is 4.38. The first kappa shape index (κ1) is 19.7. The summed E-state index contributed by atoms with van der Waals surface area (Å²) < 4.78 is 0. The number of aliphatic imine (C=N–C) groups is 1. The van der Waals surface area contributed by atoms with Crippen molar-refractivity contribution in [3.05, 3.63) is 64.1 Å². The average molecular weight is 466 g/mol. The molecule has 0 fully saturated rings. The van der Waals surface area contributed by atoms with Crippen LogP contribution >= 0.6 is 35.3 Å². The number of nitrogens with one attached hydrogen (secondary N) is 2. The van der Waals surface area contributed by atoms with Crippen molar-refractivity contribution in [1.29, 1.82) is 0 Å². The fraction of sp³-hybridized carbons (Fsp3) is 0.263. The highest BCUT2D eigenvalue weighted by atomic mass is 127. The number of aromatic nitrogens is 1. The van der Waals surface area contributed by atoms with E-state index in [0.29, 0.717) is 0 Å². The molecule has 132 valence electrons. The van der Waals surface area contributed by atoms with Crippen LogP contribution in [0.15, 0.2) is 53.7 Å². The molecular weight excluding hydrogens is 443 g/mol. The van der Waals surface area contributed by atoms with Gasteiger partial charge in [0.15, 0.2) is 5.96 Å². The van der Waals surface area contributed by atoms with Gasteiger partial charge in [-0.25, -0.2) is 4.98 Å². The summed E-state index contributed by atoms with van der Waals surface area (Å²) >= 11 is 1.75. The Labute approximate surface area is 169 Å². The smallest absolute Gasteiger partial charge is 0.191 e. The van der Waals surface area contributed by atoms with Gasteiger partial charge in [-0.3, -0.25) is 4.99 Å². The van der Waals surface area contributed by atoms with E-state index in [1.54, 1.807) is 18.4 Å². The Hall–Kier alpha value is -1.67. The Morgan fingerprint density at radius 1 is 1.12 bits per heavy atom. The largest absolute Gasteiger partial charge is 0.356 e. The van der Waals surface area contributed by atoms with Crippen molar-refractivity contribution in [1.82, 2.24) is 15.6 Å². The van der Waals surface area contributed by atoms with Crippen LogP contribution in [0.5, 0.6) is 0 Å². The highest BCUT2D eigenvalue weighted by Gasteiger charge is 2.02. The monoisotopic (exact) mass is 466 g/mol. The molecule has 2 aromatic carbocycles. The number of rotatable bonds is 5. The van der Waals surface area contributed by atoms with Crippen molar-refractivity contribution in [2.24, 2.45) is 4.99 Å². The van der Waals surface area contributed by atoms with Crippen LogP contribution in [-0.2, 0) is 13.0 Å². The van der Waals surface area contributed by atoms with E-state index in [-0.39, 0.29) is 24.0 Å². The molecule has 0 aliphatic heterocycles. The molecule has 25 heavy (non-hydrogen) atoms. The van der Waals surface area contributed by atoms with Crippen LogP contribution in [0.1, 0.15) is 15.4 Å². The fourth-order valence-electron chi connectivity index (χ4n) is 2.56. The standard InChI is InChI=1S/C19H22N4S.HI/c1-14-12-22-18(24-14)9-10-21-19(20-2)23-13-15-7-8-16-5-3-4-6-17(16)11-15;/h3-8,11-12H,9-10,13H2,1-2H3,(H2,20,21,23);1H. The van der Waals surface area contributed by atoms with Crippen LogP contribution in [0.4, 0.5) is 0 Å². The van der Waals surface area contributed by atoms with E-state index in [1.807, 2.05) is 6.20 Å². The lowest BCUT2D eigenvalue weighted by atomic mass is 10.1. The van der Waals surface area contributed by atoms with E-state index in [2.05, 4.69) is 70.0 Å². The molecule has 0 atom stereocenters. The Bertz CT molecular complexity index is 844. The lowest BCUT2D eigenvalue weighted by Gasteiger charge is -2.12. The van der Waals surface area contributed by atoms with Gasteiger partial charge in [0.05, 0.1) is 5.01 Å². The van der Waals surface area contributed by atoms with Gasteiger partial charge in [0.2, 0.25) is 0 Å². The Morgan fingerprint density at radius 2 is 1.92 bits per heavy atom. The summed E-state index contributed by atoms with van der Waals surface area (Å²) in [5.74, 6) is 0.816. The van der Waals surface area contributed by atoms with Crippen LogP contribution in [0.3, 0.4) is 0 Å². The first-order valence-corrected chi connectivity index (χ1v) is 8.90. The van der Waals surface area contributed by atoms with Gasteiger partial charge in [0, 0.05) is 37.6 Å². The zero-order valence-corrected chi connectivity index (χ0v) is 17.6. The van der Waals surface area contributed by atoms with Crippen LogP contribution in [0.2, 0.25) is 0 Å². The third-order valence-corrected chi connectivity index (χ3v) is 4.77. The second kappa shape index (κ2) is 9.72. The van der Waals surface area contributed by atoms with Crippen molar-refractivity contribution >= 4 is 52.0 Å². The topological polar surface area (TPSA) is 49.3 Å². The molecule has 0 unspecified atom stereocenters. The molecule has 6 heteroatoms. The molecule has 4 nitrogen and oxygen atoms in total. The second-order valence-corrected chi connectivity index (χ2v) is 6.97. The average Bonchev–Trinajstić information content (AvgIpc) is 3.03. The molecule has 3 rings (SSSR count). The van der Waals surface area contributed by atoms with Crippen LogP contribution in [-0.4, -0.2) is 24.5 Å². The SMILES string of the molecule is CN=C(NCCc1ncc(C)s1)NCc1ccc2ccccc2c1.I. The van der Waals surface area contributed by atoms with Gasteiger partial charge in [-0.05, 0) is 29.3 Å². The number of hydrogen-bond acceptors (Lipinski definition) is 3. The van der Waals surface area contributed by atoms with Crippen molar-refractivity contribution in [3.8, 4) is 0 Å². The number of thiazole rings is 1. The number of aryl methyl sites for hydroxylation is 1. The van der Waals surface area contributed by atoms with E-state index in [4.69, 9.17) is 0 Å². The van der Waals surface area contributed by atoms with E-state index < -0.39 is 0 Å². The van der Waals surface area contributed by atoms with Gasteiger partial charge in [-0.1, -0.05) is 36.4 Å². The number of benzene rings is 2. The highest BCUT2D eigenvalue weighted by Crippen LogP contribution is 2.15. The summed E-state index contributed by atoms with van der Waals surface area (Å²) in [6.45, 7) is 3.66. The molecule has 0 spiro atoms. The third-order valence-electron chi connectivity index (χ3n) is 3.80. The molecule has 0 radical (unpaired) electrons. The predicted octanol–water partition coefficient (Wildman–Crippen LogP) is 4.13. The summed E-state index contributed by atoms with van der Waals surface area (Å²) in [5, 5.41) is 10.4. The summed E-state index contributed by atoms with van der Waals surface area (Å²) in [7, 11) is 1.79. The van der Waals surface area contributed by atoms with Gasteiger partial charge in [0.25, 0.3) is 0 Å². The quantitative estimate of drug-likeness (QED) is 0.338. The first-order chi connectivity index (χ1) is 11.7. The van der Waals surface area contributed by atoms with Gasteiger partial charge < -0.3 is 10.6 Å². The molecule has 0 aliphatic rings. The van der Waals surface area contributed by atoms with Gasteiger partial charge in [0.1, 0.15) is 0 Å². The molecule has 1 aromatic heterocycles. The third kappa shape index (κ3) is 5.67. The maximum Gasteiger partial charge on any atom is 0.191 e. The molecule has 0 amide bonds. The molecule has 2 N–H and O–H groups in total. The summed E-state index contributed by atoms with van der Waals surface area (Å²) in [5.41, 5.74) is 1.24. The van der Waals surface area contributed by atoms with E-state index >= 15 is 0 Å². The zero-order chi connectivity index (χ0) is 16.8. The van der Waals surface area contributed by atoms with Crippen LogP contribution in [0, 0.1) is 6.92 Å². The summed E-state index contributed by atoms with van der Waals surface area (Å²) in [6, 6.07) is 14.9. The minimum atomic E-state index is 0. The van der Waals surface area contributed by atoms with Crippen molar-refractivity contribution in [3.63, 3.8) is 0 Å². The molecule has 0 saturated heterocycles. The predicted molar refractivity (Wildman–Crippen MR) is 118 cm³/mol. The van der Waals surface area contributed by atoms with Crippen LogP contribution in [0.25, 0.3) is 10.8 Å². The van der Waals surface area contributed by atoms with Crippen molar-refractivity contribution in [2.75, 3.05) is 13.6 Å². The number of fused-ring (bicyclic) bond motifs is 1. The lowest BCUT2D eigenvalue weighted by molar-refractivity contribution is 0.792. The Kier molecular flexibility index (Phi) is 7.64. The molecular formula is C19H23IN4S. The van der Waals surface area contributed by atoms with Crippen molar-refractivity contribution < 1.29 is 0 Å². The molecule has 0 aliphatic carbocycles. The minimum absolute atomic E-state index is 0. The van der Waals surface area contributed by atoms with Gasteiger partial charge in [-0.2, -0.15) is 0 Å². The first-order valence-electron chi connectivity index (χ1n) is 8.08. The van der Waals surface area contributed by atoms with E-state index in [0.717, 1.165) is 30.5 Å². The lowest BCUT2D eigenvalue weighted by Crippen LogP contribution is -2.37. The number of nitrogens with zero attached hydrogens (tertiary/aromatic N) is 2. The Balaban J connectivity index is 0.00000225. The number of guanidine groups is 1. The molecule has 3 aromatic rings. The molecule has 0 saturated carbocycles. The van der Waals surface area contributed by atoms with E-state index in [9.17, 15) is 0 Å². The maximum absolute atomic E-state index is 4.38. The van der Waals surface area contributed by atoms with E-state index in [1.165, 1.54) is 21.2 Å². The zero-order valence-electron chi connectivity index (χ0n) is 14.5. The number of halogens is 1. The Morgan fingerprint density at radius 3 is 2.64 bits per heavy atom. The molecule has 1 heterocycles. The minimum Gasteiger partial charge on any atom is -0.356 e. The number of hydrogen-bond donors (Lipinski definition) is 2. The summed E-state index contributed by atoms with van der Waals surface area (Å²) in [6.07, 6.45) is 2.84. The van der Waals surface area contributed by atoms with Crippen LogP contribution < -0.4 is 10.6 Å². The normalized spacial score (nSPS) is 11.2. The summed E-state index contributed by atoms with van der Waals surface area (Å²) in [4.78, 5) is 9.91. The molecule has 0 bridgehead atoms.